The van der Waals surface area contributed by atoms with Crippen LogP contribution in [0.1, 0.15) is 22.7 Å². The number of amides is 2. The molecule has 0 aliphatic rings. The summed E-state index contributed by atoms with van der Waals surface area (Å²) in [4.78, 5) is 44.1. The predicted molar refractivity (Wildman–Crippen MR) is 102 cm³/mol. The zero-order valence-electron chi connectivity index (χ0n) is 16.0. The Balaban J connectivity index is 1.43. The summed E-state index contributed by atoms with van der Waals surface area (Å²) in [5, 5.41) is 5.94. The highest BCUT2D eigenvalue weighted by atomic mass is 16.5. The molecule has 0 aliphatic carbocycles. The van der Waals surface area contributed by atoms with Crippen LogP contribution in [0, 0.1) is 0 Å². The van der Waals surface area contributed by atoms with Crippen LogP contribution in [-0.2, 0) is 20.7 Å². The summed E-state index contributed by atoms with van der Waals surface area (Å²) in [7, 11) is 1.42. The lowest BCUT2D eigenvalue weighted by atomic mass is 10.2. The topological polar surface area (TPSA) is 134 Å². The molecule has 0 radical (unpaired) electrons. The van der Waals surface area contributed by atoms with Gasteiger partial charge in [-0.2, -0.15) is 4.98 Å². The number of methoxy groups -OCH3 is 1. The van der Waals surface area contributed by atoms with E-state index in [2.05, 4.69) is 20.4 Å². The smallest absolute Gasteiger partial charge is 0.306 e. The number of aromatic nitrogens is 3. The first-order valence-electron chi connectivity index (χ1n) is 8.93. The second-order valence-electron chi connectivity index (χ2n) is 5.96. The Hall–Kier alpha value is -4.08. The molecule has 0 aliphatic heterocycles. The molecule has 1 N–H and O–H groups in total. The molecule has 3 rings (SSSR count). The Labute approximate surface area is 171 Å². The number of nitrogens with one attached hydrogen (secondary N) is 1. The molecule has 0 bridgehead atoms. The zero-order chi connectivity index (χ0) is 21.3. The van der Waals surface area contributed by atoms with Crippen molar-refractivity contribution in [2.45, 2.75) is 12.8 Å². The van der Waals surface area contributed by atoms with Gasteiger partial charge in [-0.1, -0.05) is 23.4 Å². The van der Waals surface area contributed by atoms with E-state index in [0.717, 1.165) is 0 Å². The summed E-state index contributed by atoms with van der Waals surface area (Å²) in [6, 6.07) is 11.7. The highest BCUT2D eigenvalue weighted by Crippen LogP contribution is 2.16. The van der Waals surface area contributed by atoms with E-state index in [0.29, 0.717) is 17.3 Å². The van der Waals surface area contributed by atoms with Crippen LogP contribution in [0.2, 0.25) is 0 Å². The molecule has 0 spiro atoms. The first kappa shape index (κ1) is 20.6. The van der Waals surface area contributed by atoms with E-state index in [4.69, 9.17) is 14.0 Å². The fourth-order valence-electron chi connectivity index (χ4n) is 2.44. The number of ether oxygens (including phenoxy) is 2. The fourth-order valence-corrected chi connectivity index (χ4v) is 2.44. The zero-order valence-corrected chi connectivity index (χ0v) is 16.0. The van der Waals surface area contributed by atoms with Crippen molar-refractivity contribution in [3.63, 3.8) is 0 Å². The average Bonchev–Trinajstić information content (AvgIpc) is 3.26. The molecule has 3 aromatic rings. The van der Waals surface area contributed by atoms with Crippen molar-refractivity contribution in [1.82, 2.24) is 20.4 Å². The maximum Gasteiger partial charge on any atom is 0.306 e. The third-order valence-corrected chi connectivity index (χ3v) is 3.87. The quantitative estimate of drug-likeness (QED) is 0.549. The molecule has 30 heavy (non-hydrogen) atoms. The molecule has 0 fully saturated rings. The van der Waals surface area contributed by atoms with Crippen LogP contribution in [0.25, 0.3) is 11.5 Å². The number of imide groups is 1. The van der Waals surface area contributed by atoms with Gasteiger partial charge < -0.3 is 14.0 Å². The van der Waals surface area contributed by atoms with Crippen LogP contribution < -0.4 is 10.1 Å². The second-order valence-corrected chi connectivity index (χ2v) is 5.96. The lowest BCUT2D eigenvalue weighted by molar-refractivity contribution is -0.148. The maximum absolute atomic E-state index is 12.1. The lowest BCUT2D eigenvalue weighted by Crippen LogP contribution is -2.34. The summed E-state index contributed by atoms with van der Waals surface area (Å²) < 4.78 is 15.0. The number of pyridine rings is 1. The van der Waals surface area contributed by atoms with Crippen molar-refractivity contribution in [2.75, 3.05) is 13.7 Å². The molecule has 10 nitrogen and oxygen atoms in total. The van der Waals surface area contributed by atoms with E-state index >= 15 is 0 Å². The standard InChI is InChI=1S/C20H18N4O6/c1-28-15-8-3-2-6-13(15)20(27)22-16(25)12-29-18(26)10-9-17-23-19(24-30-17)14-7-4-5-11-21-14/h2-8,11H,9-10,12H2,1H3,(H,22,25,27). The van der Waals surface area contributed by atoms with Gasteiger partial charge in [-0.05, 0) is 24.3 Å². The van der Waals surface area contributed by atoms with Crippen molar-refractivity contribution in [1.29, 1.82) is 0 Å². The number of hydrogen-bond acceptors (Lipinski definition) is 9. The Kier molecular flexibility index (Phi) is 6.83. The SMILES string of the molecule is COc1ccccc1C(=O)NC(=O)COC(=O)CCc1nc(-c2ccccn2)no1. The Morgan fingerprint density at radius 3 is 2.67 bits per heavy atom. The second kappa shape index (κ2) is 9.92. The highest BCUT2D eigenvalue weighted by molar-refractivity contribution is 6.06. The number of hydrogen-bond donors (Lipinski definition) is 1. The molecule has 0 saturated carbocycles. The summed E-state index contributed by atoms with van der Waals surface area (Å²) >= 11 is 0. The Bertz CT molecular complexity index is 1030. The summed E-state index contributed by atoms with van der Waals surface area (Å²) in [5.41, 5.74) is 0.742. The van der Waals surface area contributed by atoms with Crippen LogP contribution >= 0.6 is 0 Å². The predicted octanol–water partition coefficient (Wildman–Crippen LogP) is 1.57. The first-order valence-corrected chi connectivity index (χ1v) is 8.93. The van der Waals surface area contributed by atoms with E-state index < -0.39 is 24.4 Å². The summed E-state index contributed by atoms with van der Waals surface area (Å²) in [6.07, 6.45) is 1.67. The maximum atomic E-state index is 12.1. The van der Waals surface area contributed by atoms with E-state index in [1.807, 2.05) is 0 Å². The molecule has 1 aromatic carbocycles. The minimum absolute atomic E-state index is 0.0718. The largest absolute Gasteiger partial charge is 0.496 e. The molecule has 10 heteroatoms. The normalized spacial score (nSPS) is 10.3. The van der Waals surface area contributed by atoms with Gasteiger partial charge in [0.25, 0.3) is 11.8 Å². The van der Waals surface area contributed by atoms with Crippen molar-refractivity contribution < 1.29 is 28.4 Å². The van der Waals surface area contributed by atoms with Crippen LogP contribution in [0.4, 0.5) is 0 Å². The van der Waals surface area contributed by atoms with E-state index in [1.54, 1.807) is 42.6 Å². The van der Waals surface area contributed by atoms with E-state index in [9.17, 15) is 14.4 Å². The van der Waals surface area contributed by atoms with Crippen LogP contribution in [0.5, 0.6) is 5.75 Å². The van der Waals surface area contributed by atoms with Gasteiger partial charge in [0.05, 0.1) is 19.1 Å². The van der Waals surface area contributed by atoms with Gasteiger partial charge in [0.15, 0.2) is 6.61 Å². The average molecular weight is 410 g/mol. The molecular formula is C20H18N4O6. The van der Waals surface area contributed by atoms with E-state index in [1.165, 1.54) is 13.2 Å². The summed E-state index contributed by atoms with van der Waals surface area (Å²) in [6.45, 7) is -0.595. The third-order valence-electron chi connectivity index (χ3n) is 3.87. The number of para-hydroxylation sites is 1. The number of rotatable bonds is 8. The molecular weight excluding hydrogens is 392 g/mol. The van der Waals surface area contributed by atoms with Gasteiger partial charge in [-0.15, -0.1) is 0 Å². The number of benzene rings is 1. The number of carbonyl (C=O) groups excluding carboxylic acids is 3. The Morgan fingerprint density at radius 2 is 1.90 bits per heavy atom. The monoisotopic (exact) mass is 410 g/mol. The Morgan fingerprint density at radius 1 is 1.10 bits per heavy atom. The number of esters is 1. The van der Waals surface area contributed by atoms with Crippen LogP contribution in [0.3, 0.4) is 0 Å². The van der Waals surface area contributed by atoms with Gasteiger partial charge >= 0.3 is 5.97 Å². The molecule has 0 atom stereocenters. The van der Waals surface area contributed by atoms with E-state index in [-0.39, 0.29) is 24.3 Å². The van der Waals surface area contributed by atoms with Crippen molar-refractivity contribution >= 4 is 17.8 Å². The molecule has 2 amide bonds. The highest BCUT2D eigenvalue weighted by Gasteiger charge is 2.17. The van der Waals surface area contributed by atoms with Gasteiger partial charge in [0.2, 0.25) is 11.7 Å². The lowest BCUT2D eigenvalue weighted by Gasteiger charge is -2.08. The van der Waals surface area contributed by atoms with Gasteiger partial charge in [0.1, 0.15) is 11.4 Å². The van der Waals surface area contributed by atoms with Crippen molar-refractivity contribution in [3.05, 3.63) is 60.1 Å². The van der Waals surface area contributed by atoms with Gasteiger partial charge in [-0.25, -0.2) is 0 Å². The summed E-state index contributed by atoms with van der Waals surface area (Å²) in [5.74, 6) is -1.18. The van der Waals surface area contributed by atoms with Crippen LogP contribution in [0.15, 0.2) is 53.2 Å². The van der Waals surface area contributed by atoms with Gasteiger partial charge in [0, 0.05) is 12.6 Å². The molecule has 2 heterocycles. The van der Waals surface area contributed by atoms with Crippen molar-refractivity contribution in [2.24, 2.45) is 0 Å². The molecule has 2 aromatic heterocycles. The number of aryl methyl sites for hydroxylation is 1. The van der Waals surface area contributed by atoms with Gasteiger partial charge in [-0.3, -0.25) is 24.7 Å². The molecule has 154 valence electrons. The minimum Gasteiger partial charge on any atom is -0.496 e. The fraction of sp³-hybridized carbons (Fsp3) is 0.200. The first-order chi connectivity index (χ1) is 14.6. The third kappa shape index (κ3) is 5.47. The van der Waals surface area contributed by atoms with Crippen molar-refractivity contribution in [3.8, 4) is 17.3 Å². The number of carbonyl (C=O) groups is 3. The molecule has 0 saturated heterocycles. The minimum atomic E-state index is -0.755. The number of nitrogens with zero attached hydrogens (tertiary/aromatic N) is 3. The molecule has 0 unspecified atom stereocenters. The van der Waals surface area contributed by atoms with Crippen LogP contribution in [-0.4, -0.2) is 46.6 Å².